The number of nitrogens with zero attached hydrogens (tertiary/aromatic N) is 4. The minimum absolute atomic E-state index is 0.116. The summed E-state index contributed by atoms with van der Waals surface area (Å²) in [6.07, 6.45) is 0. The first-order chi connectivity index (χ1) is 19.4. The molecule has 1 aromatic heterocycles. The van der Waals surface area contributed by atoms with Crippen LogP contribution in [0.15, 0.2) is 48.5 Å². The first kappa shape index (κ1) is 28.1. The monoisotopic (exact) mass is 568 g/mol. The van der Waals surface area contributed by atoms with Crippen LogP contribution < -0.4 is 9.47 Å². The lowest BCUT2D eigenvalue weighted by Gasteiger charge is -2.28. The first-order valence-corrected chi connectivity index (χ1v) is 12.9. The third-order valence-corrected chi connectivity index (χ3v) is 6.92. The van der Waals surface area contributed by atoms with E-state index in [2.05, 4.69) is 10.2 Å². The van der Waals surface area contributed by atoms with Crippen molar-refractivity contribution in [1.29, 1.82) is 0 Å². The molecule has 7 nitrogen and oxygen atoms in total. The average molecular weight is 569 g/mol. The highest BCUT2D eigenvalue weighted by Crippen LogP contribution is 2.37. The summed E-state index contributed by atoms with van der Waals surface area (Å²) in [7, 11) is 1.57. The van der Waals surface area contributed by atoms with Crippen molar-refractivity contribution in [2.75, 3.05) is 7.11 Å². The van der Waals surface area contributed by atoms with E-state index in [-0.39, 0.29) is 41.3 Å². The van der Waals surface area contributed by atoms with E-state index in [1.165, 1.54) is 19.9 Å². The number of hydrogen-bond donors (Lipinski definition) is 0. The SMILES string of the molecule is COc1ccc(CN2Cc3cc(-c4nnc(C(C)(C)Oc5c(F)cc(F)cc5F)n4C(C)C)c(F)cc3C2=O)cc1. The molecular formula is C30H28F4N4O3. The van der Waals surface area contributed by atoms with Crippen LogP contribution >= 0.6 is 0 Å². The smallest absolute Gasteiger partial charge is 0.254 e. The van der Waals surface area contributed by atoms with Gasteiger partial charge in [0, 0.05) is 36.8 Å². The molecule has 3 aromatic carbocycles. The molecule has 0 unspecified atom stereocenters. The maximum absolute atomic E-state index is 15.5. The predicted molar refractivity (Wildman–Crippen MR) is 142 cm³/mol. The Labute approximate surface area is 234 Å². The van der Waals surface area contributed by atoms with Crippen LogP contribution in [0, 0.1) is 23.3 Å². The van der Waals surface area contributed by atoms with Gasteiger partial charge in [-0.25, -0.2) is 17.6 Å². The van der Waals surface area contributed by atoms with Gasteiger partial charge in [-0.1, -0.05) is 12.1 Å². The number of aromatic nitrogens is 3. The summed E-state index contributed by atoms with van der Waals surface area (Å²) in [6, 6.07) is 10.8. The Bertz CT molecular complexity index is 1610. The standard InChI is InChI=1S/C30H28F4N4O3/c1-16(2)38-27(35-36-29(38)30(3,4)41-26-24(33)11-19(31)12-25(26)34)22-10-18-15-37(28(39)21(18)13-23(22)32)14-17-6-8-20(40-5)9-7-17/h6-13,16H,14-15H2,1-5H3. The number of hydrogen-bond acceptors (Lipinski definition) is 5. The number of rotatable bonds is 8. The Kier molecular flexibility index (Phi) is 7.23. The van der Waals surface area contributed by atoms with E-state index in [1.54, 1.807) is 34.8 Å². The van der Waals surface area contributed by atoms with Crippen molar-refractivity contribution >= 4 is 5.91 Å². The Balaban J connectivity index is 1.48. The van der Waals surface area contributed by atoms with Crippen LogP contribution in [0.4, 0.5) is 17.6 Å². The van der Waals surface area contributed by atoms with Gasteiger partial charge in [-0.05, 0) is 63.1 Å². The van der Waals surface area contributed by atoms with Gasteiger partial charge in [0.15, 0.2) is 34.6 Å². The average Bonchev–Trinajstić information content (AvgIpc) is 3.49. The number of carbonyl (C=O) groups excluding carboxylic acids is 1. The van der Waals surface area contributed by atoms with Crippen LogP contribution in [-0.2, 0) is 18.7 Å². The van der Waals surface area contributed by atoms with Crippen molar-refractivity contribution in [3.05, 3.63) is 94.3 Å². The maximum Gasteiger partial charge on any atom is 0.254 e. The van der Waals surface area contributed by atoms with Gasteiger partial charge in [-0.15, -0.1) is 10.2 Å². The van der Waals surface area contributed by atoms with Gasteiger partial charge in [-0.2, -0.15) is 0 Å². The second-order valence-corrected chi connectivity index (χ2v) is 10.6. The summed E-state index contributed by atoms with van der Waals surface area (Å²) in [5.41, 5.74) is 0.457. The van der Waals surface area contributed by atoms with Gasteiger partial charge in [0.05, 0.1) is 12.7 Å². The highest BCUT2D eigenvalue weighted by Gasteiger charge is 2.36. The van der Waals surface area contributed by atoms with Crippen LogP contribution in [-0.4, -0.2) is 32.7 Å². The van der Waals surface area contributed by atoms with Crippen LogP contribution in [0.25, 0.3) is 11.4 Å². The quantitative estimate of drug-likeness (QED) is 0.225. The van der Waals surface area contributed by atoms with E-state index in [1.807, 2.05) is 26.0 Å². The highest BCUT2D eigenvalue weighted by atomic mass is 19.1. The fourth-order valence-electron chi connectivity index (χ4n) is 4.95. The number of benzene rings is 3. The van der Waals surface area contributed by atoms with Gasteiger partial charge in [0.2, 0.25) is 0 Å². The van der Waals surface area contributed by atoms with Crippen LogP contribution in [0.3, 0.4) is 0 Å². The number of methoxy groups -OCH3 is 1. The Morgan fingerprint density at radius 2 is 1.59 bits per heavy atom. The first-order valence-electron chi connectivity index (χ1n) is 12.9. The number of fused-ring (bicyclic) bond motifs is 1. The van der Waals surface area contributed by atoms with Crippen molar-refractivity contribution in [3.63, 3.8) is 0 Å². The summed E-state index contributed by atoms with van der Waals surface area (Å²) in [5.74, 6) is -4.19. The van der Waals surface area contributed by atoms with E-state index in [0.717, 1.165) is 5.56 Å². The molecule has 1 amide bonds. The molecule has 0 aliphatic carbocycles. The molecule has 1 aliphatic heterocycles. The molecular weight excluding hydrogens is 540 g/mol. The number of carbonyl (C=O) groups is 1. The normalized spacial score (nSPS) is 13.2. The third-order valence-electron chi connectivity index (χ3n) is 6.92. The molecule has 0 radical (unpaired) electrons. The van der Waals surface area contributed by atoms with E-state index in [0.29, 0.717) is 30.0 Å². The number of ether oxygens (including phenoxy) is 2. The lowest BCUT2D eigenvalue weighted by atomic mass is 10.0. The van der Waals surface area contributed by atoms with E-state index < -0.39 is 34.6 Å². The van der Waals surface area contributed by atoms with Gasteiger partial charge < -0.3 is 18.9 Å². The molecule has 0 N–H and O–H groups in total. The molecule has 4 aromatic rings. The third kappa shape index (κ3) is 5.23. The molecule has 2 heterocycles. The summed E-state index contributed by atoms with van der Waals surface area (Å²) < 4.78 is 70.1. The highest BCUT2D eigenvalue weighted by molar-refractivity contribution is 5.99. The Hall–Kier alpha value is -4.41. The Morgan fingerprint density at radius 3 is 2.20 bits per heavy atom. The fourth-order valence-corrected chi connectivity index (χ4v) is 4.95. The molecule has 0 bridgehead atoms. The zero-order valence-corrected chi connectivity index (χ0v) is 23.1. The van der Waals surface area contributed by atoms with E-state index in [4.69, 9.17) is 9.47 Å². The molecule has 0 fully saturated rings. The largest absolute Gasteiger partial charge is 0.497 e. The fraction of sp³-hybridized carbons (Fsp3) is 0.300. The molecule has 0 saturated carbocycles. The van der Waals surface area contributed by atoms with Crippen molar-refractivity contribution in [3.8, 4) is 22.9 Å². The lowest BCUT2D eigenvalue weighted by Crippen LogP contribution is -2.31. The lowest BCUT2D eigenvalue weighted by molar-refractivity contribution is 0.0766. The van der Waals surface area contributed by atoms with Gasteiger partial charge in [-0.3, -0.25) is 4.79 Å². The second-order valence-electron chi connectivity index (χ2n) is 10.6. The van der Waals surface area contributed by atoms with E-state index in [9.17, 15) is 18.0 Å². The van der Waals surface area contributed by atoms with Crippen molar-refractivity contribution in [2.45, 2.75) is 52.4 Å². The van der Waals surface area contributed by atoms with Crippen molar-refractivity contribution < 1.29 is 31.8 Å². The zero-order valence-electron chi connectivity index (χ0n) is 23.1. The molecule has 5 rings (SSSR count). The van der Waals surface area contributed by atoms with E-state index >= 15 is 4.39 Å². The zero-order chi connectivity index (χ0) is 29.6. The predicted octanol–water partition coefficient (Wildman–Crippen LogP) is 6.56. The summed E-state index contributed by atoms with van der Waals surface area (Å²) in [4.78, 5) is 14.7. The summed E-state index contributed by atoms with van der Waals surface area (Å²) in [5, 5.41) is 8.43. The van der Waals surface area contributed by atoms with Crippen LogP contribution in [0.5, 0.6) is 11.5 Å². The van der Waals surface area contributed by atoms with Gasteiger partial charge >= 0.3 is 0 Å². The molecule has 41 heavy (non-hydrogen) atoms. The van der Waals surface area contributed by atoms with Crippen molar-refractivity contribution in [1.82, 2.24) is 19.7 Å². The molecule has 0 spiro atoms. The molecule has 1 aliphatic rings. The molecule has 0 saturated heterocycles. The molecule has 11 heteroatoms. The van der Waals surface area contributed by atoms with Gasteiger partial charge in [0.1, 0.15) is 17.4 Å². The Morgan fingerprint density at radius 1 is 0.927 bits per heavy atom. The van der Waals surface area contributed by atoms with Crippen LogP contribution in [0.1, 0.15) is 61.0 Å². The minimum Gasteiger partial charge on any atom is -0.497 e. The van der Waals surface area contributed by atoms with Crippen molar-refractivity contribution in [2.24, 2.45) is 0 Å². The summed E-state index contributed by atoms with van der Waals surface area (Å²) in [6.45, 7) is 7.29. The second kappa shape index (κ2) is 10.5. The number of halogens is 4. The van der Waals surface area contributed by atoms with Gasteiger partial charge in [0.25, 0.3) is 5.91 Å². The maximum atomic E-state index is 15.5. The van der Waals surface area contributed by atoms with Crippen LogP contribution in [0.2, 0.25) is 0 Å². The molecule has 214 valence electrons. The minimum atomic E-state index is -1.45. The number of amides is 1. The molecule has 0 atom stereocenters. The topological polar surface area (TPSA) is 69.5 Å². The summed E-state index contributed by atoms with van der Waals surface area (Å²) >= 11 is 0.